The first-order chi connectivity index (χ1) is 11.7. The molecule has 3 heterocycles. The van der Waals surface area contributed by atoms with Crippen LogP contribution in [0.2, 0.25) is 0 Å². The molecule has 2 aromatic rings. The summed E-state index contributed by atoms with van der Waals surface area (Å²) in [5.41, 5.74) is 1.07. The van der Waals surface area contributed by atoms with Crippen LogP contribution in [0.1, 0.15) is 30.3 Å². The third-order valence-electron chi connectivity index (χ3n) is 3.73. The number of aryl methyl sites for hydroxylation is 2. The van der Waals surface area contributed by atoms with E-state index >= 15 is 0 Å². The normalized spacial score (nSPS) is 18.1. The van der Waals surface area contributed by atoms with Crippen molar-refractivity contribution in [1.29, 1.82) is 0 Å². The lowest BCUT2D eigenvalue weighted by Crippen LogP contribution is -2.48. The van der Waals surface area contributed by atoms with Gasteiger partial charge in [-0.05, 0) is 13.8 Å². The molecule has 0 bridgehead atoms. The summed E-state index contributed by atoms with van der Waals surface area (Å²) in [6, 6.07) is 0. The number of rotatable bonds is 4. The molecular weight excluding hydrogens is 437 g/mol. The van der Waals surface area contributed by atoms with Crippen molar-refractivity contribution in [3.63, 3.8) is 0 Å². The molecule has 1 aliphatic heterocycles. The van der Waals surface area contributed by atoms with Crippen molar-refractivity contribution in [2.45, 2.75) is 26.5 Å². The van der Waals surface area contributed by atoms with Crippen molar-refractivity contribution in [3.8, 4) is 0 Å². The minimum atomic E-state index is -0.0121. The Morgan fingerprint density at radius 3 is 2.96 bits per heavy atom. The summed E-state index contributed by atoms with van der Waals surface area (Å²) < 4.78 is 12.8. The van der Waals surface area contributed by atoms with Gasteiger partial charge < -0.3 is 19.5 Å². The van der Waals surface area contributed by atoms with E-state index in [1.165, 1.54) is 0 Å². The average Bonchev–Trinajstić information content (AvgIpc) is 3.20. The van der Waals surface area contributed by atoms with E-state index in [1.54, 1.807) is 11.6 Å². The van der Waals surface area contributed by atoms with Gasteiger partial charge in [0, 0.05) is 31.9 Å². The molecule has 1 aliphatic rings. The molecule has 138 valence electrons. The Bertz CT molecular complexity index is 700. The van der Waals surface area contributed by atoms with Crippen LogP contribution >= 0.6 is 24.0 Å². The summed E-state index contributed by atoms with van der Waals surface area (Å²) in [6.07, 6.45) is 3.82. The van der Waals surface area contributed by atoms with Crippen LogP contribution in [0.4, 0.5) is 0 Å². The van der Waals surface area contributed by atoms with Crippen LogP contribution in [-0.2, 0) is 18.3 Å². The smallest absolute Gasteiger partial charge is 0.248 e. The third kappa shape index (κ3) is 5.14. The van der Waals surface area contributed by atoms with E-state index < -0.39 is 0 Å². The van der Waals surface area contributed by atoms with Gasteiger partial charge in [-0.15, -0.1) is 24.0 Å². The Kier molecular flexibility index (Phi) is 7.17. The Morgan fingerprint density at radius 2 is 2.32 bits per heavy atom. The molecule has 2 aromatic heterocycles. The molecule has 10 heteroatoms. The van der Waals surface area contributed by atoms with E-state index in [-0.39, 0.29) is 30.1 Å². The molecule has 0 spiro atoms. The summed E-state index contributed by atoms with van der Waals surface area (Å²) in [4.78, 5) is 11.0. The van der Waals surface area contributed by atoms with Gasteiger partial charge in [-0.25, -0.2) is 4.99 Å². The van der Waals surface area contributed by atoms with Crippen molar-refractivity contribution in [1.82, 2.24) is 30.1 Å². The molecule has 0 saturated carbocycles. The van der Waals surface area contributed by atoms with Crippen molar-refractivity contribution in [3.05, 3.63) is 29.7 Å². The highest BCUT2D eigenvalue weighted by molar-refractivity contribution is 14.0. The standard InChI is InChI=1S/C15H23N7O2.HI/c1-4-16-15(17-8-14-19-11(2)20-24-14)22-5-6-23-13(10-22)12-7-18-21(3)9-12;/h7,9,13H,4-6,8,10H2,1-3H3,(H,16,17);1H. The highest BCUT2D eigenvalue weighted by Gasteiger charge is 2.25. The molecule has 0 amide bonds. The zero-order chi connectivity index (χ0) is 16.9. The Labute approximate surface area is 163 Å². The van der Waals surface area contributed by atoms with Gasteiger partial charge in [-0.1, -0.05) is 5.16 Å². The quantitative estimate of drug-likeness (QED) is 0.417. The van der Waals surface area contributed by atoms with Crippen LogP contribution in [0.15, 0.2) is 21.9 Å². The van der Waals surface area contributed by atoms with Gasteiger partial charge in [-0.2, -0.15) is 10.1 Å². The molecular formula is C15H24IN7O2. The van der Waals surface area contributed by atoms with Crippen LogP contribution in [0.25, 0.3) is 0 Å². The van der Waals surface area contributed by atoms with Gasteiger partial charge >= 0.3 is 0 Å². The Balaban J connectivity index is 0.00000225. The molecule has 1 fully saturated rings. The molecule has 1 N–H and O–H groups in total. The summed E-state index contributed by atoms with van der Waals surface area (Å²) >= 11 is 0. The van der Waals surface area contributed by atoms with E-state index in [4.69, 9.17) is 9.26 Å². The zero-order valence-electron chi connectivity index (χ0n) is 14.7. The van der Waals surface area contributed by atoms with E-state index in [9.17, 15) is 0 Å². The van der Waals surface area contributed by atoms with Gasteiger partial charge in [-0.3, -0.25) is 4.68 Å². The van der Waals surface area contributed by atoms with Gasteiger partial charge in [0.2, 0.25) is 5.89 Å². The predicted molar refractivity (Wildman–Crippen MR) is 103 cm³/mol. The molecule has 25 heavy (non-hydrogen) atoms. The molecule has 0 radical (unpaired) electrons. The maximum Gasteiger partial charge on any atom is 0.248 e. The van der Waals surface area contributed by atoms with Gasteiger partial charge in [0.25, 0.3) is 0 Å². The average molecular weight is 461 g/mol. The molecule has 1 unspecified atom stereocenters. The number of ether oxygens (including phenoxy) is 1. The van der Waals surface area contributed by atoms with Gasteiger partial charge in [0.15, 0.2) is 11.8 Å². The van der Waals surface area contributed by atoms with Crippen LogP contribution in [0.3, 0.4) is 0 Å². The van der Waals surface area contributed by atoms with Crippen molar-refractivity contribution >= 4 is 29.9 Å². The maximum absolute atomic E-state index is 5.88. The number of aliphatic imine (C=N–C) groups is 1. The fraction of sp³-hybridized carbons (Fsp3) is 0.600. The zero-order valence-corrected chi connectivity index (χ0v) is 17.0. The van der Waals surface area contributed by atoms with Crippen molar-refractivity contribution in [2.75, 3.05) is 26.2 Å². The highest BCUT2D eigenvalue weighted by Crippen LogP contribution is 2.21. The monoisotopic (exact) mass is 461 g/mol. The van der Waals surface area contributed by atoms with E-state index in [0.717, 1.165) is 31.2 Å². The summed E-state index contributed by atoms with van der Waals surface area (Å²) in [7, 11) is 1.90. The fourth-order valence-electron chi connectivity index (χ4n) is 2.62. The van der Waals surface area contributed by atoms with Gasteiger partial charge in [0.1, 0.15) is 12.6 Å². The third-order valence-corrected chi connectivity index (χ3v) is 3.73. The molecule has 0 aromatic carbocycles. The van der Waals surface area contributed by atoms with E-state index in [1.807, 2.05) is 26.4 Å². The van der Waals surface area contributed by atoms with Gasteiger partial charge in [0.05, 0.1) is 19.3 Å². The SMILES string of the molecule is CCNC(=NCc1nc(C)no1)N1CCOC(c2cnn(C)c2)C1.I. The maximum atomic E-state index is 5.88. The van der Waals surface area contributed by atoms with Crippen molar-refractivity contribution in [2.24, 2.45) is 12.0 Å². The number of nitrogens with zero attached hydrogens (tertiary/aromatic N) is 6. The van der Waals surface area contributed by atoms with Crippen molar-refractivity contribution < 1.29 is 9.26 Å². The summed E-state index contributed by atoms with van der Waals surface area (Å²) in [5.74, 6) is 1.96. The molecule has 9 nitrogen and oxygen atoms in total. The predicted octanol–water partition coefficient (Wildman–Crippen LogP) is 1.27. The van der Waals surface area contributed by atoms with Crippen LogP contribution in [0, 0.1) is 6.92 Å². The largest absolute Gasteiger partial charge is 0.370 e. The molecule has 0 aliphatic carbocycles. The number of nitrogens with one attached hydrogen (secondary N) is 1. The number of hydrogen-bond donors (Lipinski definition) is 1. The van der Waals surface area contributed by atoms with E-state index in [0.29, 0.717) is 24.9 Å². The number of guanidine groups is 1. The first kappa shape index (κ1) is 19.6. The lowest BCUT2D eigenvalue weighted by molar-refractivity contribution is -0.00806. The second kappa shape index (κ2) is 9.13. The minimum absolute atomic E-state index is 0. The number of aromatic nitrogens is 4. The minimum Gasteiger partial charge on any atom is -0.370 e. The summed E-state index contributed by atoms with van der Waals surface area (Å²) in [6.45, 7) is 7.14. The molecule has 3 rings (SSSR count). The highest BCUT2D eigenvalue weighted by atomic mass is 127. The van der Waals surface area contributed by atoms with E-state index in [2.05, 4.69) is 30.4 Å². The first-order valence-electron chi connectivity index (χ1n) is 8.08. The number of hydrogen-bond acceptors (Lipinski definition) is 6. The molecule has 1 atom stereocenters. The van der Waals surface area contributed by atoms with Crippen LogP contribution in [-0.4, -0.2) is 57.0 Å². The topological polar surface area (TPSA) is 93.6 Å². The second-order valence-corrected chi connectivity index (χ2v) is 5.66. The summed E-state index contributed by atoms with van der Waals surface area (Å²) in [5, 5.41) is 11.3. The number of morpholine rings is 1. The lowest BCUT2D eigenvalue weighted by atomic mass is 10.1. The fourth-order valence-corrected chi connectivity index (χ4v) is 2.62. The van der Waals surface area contributed by atoms with Crippen LogP contribution in [0.5, 0.6) is 0 Å². The molecule has 1 saturated heterocycles. The Morgan fingerprint density at radius 1 is 1.48 bits per heavy atom. The first-order valence-corrected chi connectivity index (χ1v) is 8.08. The number of halogens is 1. The van der Waals surface area contributed by atoms with Crippen LogP contribution < -0.4 is 5.32 Å². The second-order valence-electron chi connectivity index (χ2n) is 5.66. The Hall–Kier alpha value is -1.69. The lowest BCUT2D eigenvalue weighted by Gasteiger charge is -2.34.